The van der Waals surface area contributed by atoms with Crippen LogP contribution in [0.2, 0.25) is 0 Å². The number of sulfonamides is 1. The van der Waals surface area contributed by atoms with Gasteiger partial charge in [0.1, 0.15) is 6.04 Å². The van der Waals surface area contributed by atoms with Gasteiger partial charge in [-0.25, -0.2) is 13.3 Å². The second-order valence-corrected chi connectivity index (χ2v) is 9.56. The Morgan fingerprint density at radius 1 is 1.09 bits per heavy atom. The SMILES string of the molecule is Cc1ccc(S(=O)(=O)N(Cc2cccnc2)C2CC(=O)N(c3ccc(C#N)cc3)C2=O)cc1. The van der Waals surface area contributed by atoms with Gasteiger partial charge >= 0.3 is 0 Å². The summed E-state index contributed by atoms with van der Waals surface area (Å²) < 4.78 is 28.3. The Morgan fingerprint density at radius 2 is 1.79 bits per heavy atom. The minimum absolute atomic E-state index is 0.0362. The number of pyridine rings is 1. The molecule has 1 atom stereocenters. The van der Waals surface area contributed by atoms with E-state index in [0.29, 0.717) is 16.8 Å². The molecule has 1 aromatic heterocycles. The number of hydrogen-bond acceptors (Lipinski definition) is 6. The highest BCUT2D eigenvalue weighted by Gasteiger charge is 2.47. The van der Waals surface area contributed by atoms with Gasteiger partial charge < -0.3 is 0 Å². The highest BCUT2D eigenvalue weighted by molar-refractivity contribution is 7.89. The Bertz CT molecular complexity index is 1330. The molecular weight excluding hydrogens is 440 g/mol. The van der Waals surface area contributed by atoms with Crippen LogP contribution >= 0.6 is 0 Å². The second kappa shape index (κ2) is 8.94. The molecule has 4 rings (SSSR count). The minimum Gasteiger partial charge on any atom is -0.274 e. The molecule has 1 aliphatic heterocycles. The van der Waals surface area contributed by atoms with Crippen LogP contribution in [0.15, 0.2) is 78.0 Å². The molecule has 0 saturated carbocycles. The molecular formula is C24H20N4O4S. The van der Waals surface area contributed by atoms with Crippen molar-refractivity contribution in [2.45, 2.75) is 30.8 Å². The van der Waals surface area contributed by atoms with Crippen molar-refractivity contribution in [3.8, 4) is 6.07 Å². The molecule has 33 heavy (non-hydrogen) atoms. The summed E-state index contributed by atoms with van der Waals surface area (Å²) in [5.41, 5.74) is 2.16. The lowest BCUT2D eigenvalue weighted by Crippen LogP contribution is -2.45. The molecule has 3 aromatic rings. The van der Waals surface area contributed by atoms with Crippen molar-refractivity contribution in [3.05, 3.63) is 89.7 Å². The Hall–Kier alpha value is -3.87. The number of amides is 2. The minimum atomic E-state index is -4.11. The summed E-state index contributed by atoms with van der Waals surface area (Å²) in [6.45, 7) is 1.73. The van der Waals surface area contributed by atoms with E-state index in [2.05, 4.69) is 4.98 Å². The van der Waals surface area contributed by atoms with Gasteiger partial charge in [-0.05, 0) is 55.0 Å². The quantitative estimate of drug-likeness (QED) is 0.523. The third-order valence-corrected chi connectivity index (χ3v) is 7.28. The van der Waals surface area contributed by atoms with E-state index in [9.17, 15) is 18.0 Å². The van der Waals surface area contributed by atoms with Crippen LogP contribution < -0.4 is 4.90 Å². The lowest BCUT2D eigenvalue weighted by Gasteiger charge is -2.27. The highest BCUT2D eigenvalue weighted by Crippen LogP contribution is 2.30. The van der Waals surface area contributed by atoms with Crippen LogP contribution in [0.25, 0.3) is 0 Å². The number of benzene rings is 2. The monoisotopic (exact) mass is 460 g/mol. The van der Waals surface area contributed by atoms with Gasteiger partial charge in [0.15, 0.2) is 0 Å². The Labute approximate surface area is 191 Å². The van der Waals surface area contributed by atoms with E-state index in [4.69, 9.17) is 5.26 Å². The summed E-state index contributed by atoms with van der Waals surface area (Å²) in [7, 11) is -4.11. The summed E-state index contributed by atoms with van der Waals surface area (Å²) in [6, 6.07) is 16.5. The van der Waals surface area contributed by atoms with Crippen LogP contribution in [-0.4, -0.2) is 35.6 Å². The molecule has 2 aromatic carbocycles. The Morgan fingerprint density at radius 3 is 2.39 bits per heavy atom. The van der Waals surface area contributed by atoms with Gasteiger partial charge in [-0.15, -0.1) is 0 Å². The van der Waals surface area contributed by atoms with E-state index in [1.807, 2.05) is 13.0 Å². The van der Waals surface area contributed by atoms with Gasteiger partial charge in [0.05, 0.1) is 28.6 Å². The van der Waals surface area contributed by atoms with E-state index in [1.165, 1.54) is 42.6 Å². The molecule has 1 unspecified atom stereocenters. The number of aromatic nitrogens is 1. The number of rotatable bonds is 6. The number of hydrogen-bond donors (Lipinski definition) is 0. The molecule has 0 N–H and O–H groups in total. The Kier molecular flexibility index (Phi) is 6.05. The lowest BCUT2D eigenvalue weighted by molar-refractivity contribution is -0.122. The lowest BCUT2D eigenvalue weighted by atomic mass is 10.2. The van der Waals surface area contributed by atoms with Crippen molar-refractivity contribution in [3.63, 3.8) is 0 Å². The first-order valence-corrected chi connectivity index (χ1v) is 11.6. The number of carbonyl (C=O) groups is 2. The number of carbonyl (C=O) groups excluding carboxylic acids is 2. The summed E-state index contributed by atoms with van der Waals surface area (Å²) >= 11 is 0. The first-order valence-electron chi connectivity index (χ1n) is 10.2. The first kappa shape index (κ1) is 22.3. The fourth-order valence-corrected chi connectivity index (χ4v) is 5.25. The molecule has 2 amide bonds. The van der Waals surface area contributed by atoms with Crippen LogP contribution in [0.1, 0.15) is 23.1 Å². The average molecular weight is 461 g/mol. The molecule has 0 spiro atoms. The molecule has 1 aliphatic rings. The van der Waals surface area contributed by atoms with Crippen LogP contribution in [0, 0.1) is 18.3 Å². The third kappa shape index (κ3) is 4.39. The molecule has 9 heteroatoms. The van der Waals surface area contributed by atoms with Crippen molar-refractivity contribution < 1.29 is 18.0 Å². The first-order chi connectivity index (χ1) is 15.8. The number of anilines is 1. The smallest absolute Gasteiger partial charge is 0.252 e. The van der Waals surface area contributed by atoms with Crippen LogP contribution in [0.4, 0.5) is 5.69 Å². The van der Waals surface area contributed by atoms with Crippen LogP contribution in [0.5, 0.6) is 0 Å². The molecule has 1 fully saturated rings. The maximum atomic E-state index is 13.6. The maximum Gasteiger partial charge on any atom is 0.252 e. The predicted molar refractivity (Wildman–Crippen MR) is 120 cm³/mol. The number of nitriles is 1. The van der Waals surface area contributed by atoms with Crippen molar-refractivity contribution in [2.75, 3.05) is 4.90 Å². The summed E-state index contributed by atoms with van der Waals surface area (Å²) in [4.78, 5) is 31.2. The zero-order chi connectivity index (χ0) is 23.6. The Balaban J connectivity index is 1.73. The van der Waals surface area contributed by atoms with E-state index in [0.717, 1.165) is 14.8 Å². The zero-order valence-corrected chi connectivity index (χ0v) is 18.6. The summed E-state index contributed by atoms with van der Waals surface area (Å²) in [5.74, 6) is -1.14. The fourth-order valence-electron chi connectivity index (χ4n) is 3.68. The van der Waals surface area contributed by atoms with Gasteiger partial charge in [0, 0.05) is 18.9 Å². The van der Waals surface area contributed by atoms with Gasteiger partial charge in [-0.2, -0.15) is 9.57 Å². The maximum absolute atomic E-state index is 13.6. The molecule has 1 saturated heterocycles. The standard InChI is InChI=1S/C24H20N4O4S/c1-17-4-10-21(11-5-17)33(31,32)27(16-19-3-2-12-26-15-19)22-13-23(29)28(24(22)30)20-8-6-18(14-25)7-9-20/h2-12,15,22H,13,16H2,1H3. The average Bonchev–Trinajstić information content (AvgIpc) is 3.11. The van der Waals surface area contributed by atoms with E-state index >= 15 is 0 Å². The highest BCUT2D eigenvalue weighted by atomic mass is 32.2. The van der Waals surface area contributed by atoms with Crippen molar-refractivity contribution in [1.82, 2.24) is 9.29 Å². The summed E-state index contributed by atoms with van der Waals surface area (Å²) in [6.07, 6.45) is 2.81. The van der Waals surface area contributed by atoms with Gasteiger partial charge in [0.25, 0.3) is 5.91 Å². The molecule has 8 nitrogen and oxygen atoms in total. The molecule has 2 heterocycles. The topological polar surface area (TPSA) is 111 Å². The third-order valence-electron chi connectivity index (χ3n) is 5.41. The normalized spacial score (nSPS) is 16.3. The number of nitrogens with zero attached hydrogens (tertiary/aromatic N) is 4. The van der Waals surface area contributed by atoms with Crippen LogP contribution in [-0.2, 0) is 26.2 Å². The molecule has 0 radical (unpaired) electrons. The van der Waals surface area contributed by atoms with E-state index < -0.39 is 27.9 Å². The molecule has 0 bridgehead atoms. The number of aryl methyl sites for hydroxylation is 1. The van der Waals surface area contributed by atoms with Gasteiger partial charge in [0.2, 0.25) is 15.9 Å². The molecule has 166 valence electrons. The van der Waals surface area contributed by atoms with Crippen molar-refractivity contribution >= 4 is 27.5 Å². The van der Waals surface area contributed by atoms with Crippen molar-refractivity contribution in [1.29, 1.82) is 5.26 Å². The molecule has 0 aliphatic carbocycles. The van der Waals surface area contributed by atoms with Crippen LogP contribution in [0.3, 0.4) is 0 Å². The zero-order valence-electron chi connectivity index (χ0n) is 17.7. The summed E-state index contributed by atoms with van der Waals surface area (Å²) in [5, 5.41) is 8.99. The van der Waals surface area contributed by atoms with E-state index in [-0.39, 0.29) is 17.9 Å². The number of imide groups is 1. The fraction of sp³-hybridized carbons (Fsp3) is 0.167. The van der Waals surface area contributed by atoms with E-state index in [1.54, 1.807) is 30.5 Å². The largest absolute Gasteiger partial charge is 0.274 e. The second-order valence-electron chi connectivity index (χ2n) is 7.67. The van der Waals surface area contributed by atoms with Gasteiger partial charge in [-0.1, -0.05) is 23.8 Å². The predicted octanol–water partition coefficient (Wildman–Crippen LogP) is 2.78. The van der Waals surface area contributed by atoms with Crippen molar-refractivity contribution in [2.24, 2.45) is 0 Å². The van der Waals surface area contributed by atoms with Gasteiger partial charge in [-0.3, -0.25) is 14.6 Å².